The highest BCUT2D eigenvalue weighted by molar-refractivity contribution is 6.36. The summed E-state index contributed by atoms with van der Waals surface area (Å²) in [7, 11) is 2.76. The van der Waals surface area contributed by atoms with Gasteiger partial charge in [0.1, 0.15) is 27.6 Å². The van der Waals surface area contributed by atoms with Crippen LogP contribution in [-0.4, -0.2) is 28.7 Å². The van der Waals surface area contributed by atoms with Crippen LogP contribution in [0.15, 0.2) is 47.8 Å². The van der Waals surface area contributed by atoms with Crippen LogP contribution in [-0.2, 0) is 20.3 Å². The number of imidazole rings is 1. The summed E-state index contributed by atoms with van der Waals surface area (Å²) in [5.74, 6) is -0.00262. The second kappa shape index (κ2) is 7.98. The minimum atomic E-state index is -4.64. The zero-order valence-electron chi connectivity index (χ0n) is 17.9. The van der Waals surface area contributed by atoms with Gasteiger partial charge >= 0.3 is 6.18 Å². The predicted molar refractivity (Wildman–Crippen MR) is 119 cm³/mol. The van der Waals surface area contributed by atoms with Crippen LogP contribution in [0.1, 0.15) is 5.56 Å². The van der Waals surface area contributed by atoms with Crippen LogP contribution in [0.3, 0.4) is 0 Å². The van der Waals surface area contributed by atoms with Crippen molar-refractivity contribution < 1.29 is 22.3 Å². The van der Waals surface area contributed by atoms with Crippen molar-refractivity contribution in [2.75, 3.05) is 5.32 Å². The zero-order chi connectivity index (χ0) is 25.1. The van der Waals surface area contributed by atoms with Gasteiger partial charge in [-0.1, -0.05) is 11.6 Å². The third-order valence-electron chi connectivity index (χ3n) is 5.23. The normalized spacial score (nSPS) is 12.0. The van der Waals surface area contributed by atoms with Gasteiger partial charge in [-0.05, 0) is 18.2 Å². The molecule has 5 aromatic rings. The first-order valence-electron chi connectivity index (χ1n) is 9.89. The zero-order valence-corrected chi connectivity index (χ0v) is 18.7. The molecule has 1 N–H and O–H groups in total. The lowest BCUT2D eigenvalue weighted by Gasteiger charge is -2.12. The third kappa shape index (κ3) is 3.93. The molecule has 9 nitrogen and oxygen atoms in total. The van der Waals surface area contributed by atoms with Crippen molar-refractivity contribution in [1.29, 1.82) is 0 Å². The predicted octanol–water partition coefficient (Wildman–Crippen LogP) is 4.66. The average Bonchev–Trinajstić information content (AvgIpc) is 3.33. The summed E-state index contributed by atoms with van der Waals surface area (Å²) >= 11 is 6.54. The number of hydrogen-bond acceptors (Lipinski definition) is 6. The lowest BCUT2D eigenvalue weighted by molar-refractivity contribution is -0.138. The van der Waals surface area contributed by atoms with Crippen LogP contribution in [0.2, 0.25) is 5.02 Å². The number of aromatic nitrogens is 6. The molecule has 5 rings (SSSR count). The molecule has 0 aromatic carbocycles. The van der Waals surface area contributed by atoms with Gasteiger partial charge < -0.3 is 19.2 Å². The Morgan fingerprint density at radius 3 is 2.63 bits per heavy atom. The molecule has 5 heterocycles. The minimum Gasteiger partial charge on any atom is -0.450 e. The van der Waals surface area contributed by atoms with Crippen molar-refractivity contribution in [1.82, 2.24) is 28.7 Å². The molecule has 0 atom stereocenters. The quantitative estimate of drug-likeness (QED) is 0.356. The van der Waals surface area contributed by atoms with E-state index >= 15 is 0 Å². The summed E-state index contributed by atoms with van der Waals surface area (Å²) < 4.78 is 62.4. The summed E-state index contributed by atoms with van der Waals surface area (Å²) in [6, 6.07) is 3.45. The number of ether oxygens (including phenoxy) is 1. The number of nitrogens with zero attached hydrogens (tertiary/aromatic N) is 6. The van der Waals surface area contributed by atoms with Crippen molar-refractivity contribution in [3.8, 4) is 11.5 Å². The highest BCUT2D eigenvalue weighted by Gasteiger charge is 2.32. The van der Waals surface area contributed by atoms with E-state index in [0.717, 1.165) is 4.57 Å². The molecule has 0 fully saturated rings. The summed E-state index contributed by atoms with van der Waals surface area (Å²) in [4.78, 5) is 20.9. The summed E-state index contributed by atoms with van der Waals surface area (Å²) in [6.45, 7) is 0. The monoisotopic (exact) mass is 507 g/mol. The largest absolute Gasteiger partial charge is 0.450 e. The highest BCUT2D eigenvalue weighted by atomic mass is 35.5. The van der Waals surface area contributed by atoms with Crippen LogP contribution in [0.25, 0.3) is 16.7 Å². The summed E-state index contributed by atoms with van der Waals surface area (Å²) in [6.07, 6.45) is -0.0520. The van der Waals surface area contributed by atoms with Gasteiger partial charge in [0.15, 0.2) is 17.1 Å². The number of hydrogen-bond donors (Lipinski definition) is 1. The molecule has 0 spiro atoms. The Hall–Kier alpha value is -4.13. The van der Waals surface area contributed by atoms with Gasteiger partial charge in [-0.15, -0.1) is 0 Å². The SMILES string of the molecule is Cn1cc(C(F)(F)F)cc(Nc2nc3ncc(Oc4cnn5cc(F)ccc45)c(Cl)c3n2C)c1=O. The Kier molecular flexibility index (Phi) is 5.16. The maximum Gasteiger partial charge on any atom is 0.417 e. The van der Waals surface area contributed by atoms with E-state index in [1.807, 2.05) is 0 Å². The van der Waals surface area contributed by atoms with Crippen molar-refractivity contribution in [3.63, 3.8) is 0 Å². The number of alkyl halides is 3. The van der Waals surface area contributed by atoms with Crippen LogP contribution >= 0.6 is 11.6 Å². The molecule has 5 aromatic heterocycles. The molecule has 0 unspecified atom stereocenters. The van der Waals surface area contributed by atoms with Gasteiger partial charge in [0, 0.05) is 20.3 Å². The van der Waals surface area contributed by atoms with E-state index in [-0.39, 0.29) is 28.1 Å². The number of anilines is 2. The van der Waals surface area contributed by atoms with Crippen LogP contribution < -0.4 is 15.6 Å². The third-order valence-corrected chi connectivity index (χ3v) is 5.59. The standard InChI is InChI=1S/C21H14ClF4N7O2/c1-31-8-10(21(24,25)26)5-12(19(31)34)29-20-30-18-17(32(20)2)16(22)15(6-27-18)35-14-7-28-33-9-11(23)3-4-13(14)33/h3-9H,1-2H3,(H,27,29,30). The molecule has 0 aliphatic carbocycles. The van der Waals surface area contributed by atoms with Crippen molar-refractivity contribution in [2.45, 2.75) is 6.18 Å². The van der Waals surface area contributed by atoms with Gasteiger partial charge in [-0.3, -0.25) is 4.79 Å². The molecule has 0 amide bonds. The van der Waals surface area contributed by atoms with Crippen molar-refractivity contribution in [3.05, 3.63) is 69.7 Å². The maximum absolute atomic E-state index is 13.4. The molecule has 0 bridgehead atoms. The average molecular weight is 508 g/mol. The van der Waals surface area contributed by atoms with E-state index in [9.17, 15) is 22.4 Å². The molecule has 0 aliphatic rings. The minimum absolute atomic E-state index is 0.0365. The second-order valence-electron chi connectivity index (χ2n) is 7.57. The molecule has 35 heavy (non-hydrogen) atoms. The molecule has 0 saturated heterocycles. The second-order valence-corrected chi connectivity index (χ2v) is 7.95. The summed E-state index contributed by atoms with van der Waals surface area (Å²) in [5.41, 5.74) is -1.06. The summed E-state index contributed by atoms with van der Waals surface area (Å²) in [5, 5.41) is 6.77. The van der Waals surface area contributed by atoms with E-state index in [4.69, 9.17) is 16.3 Å². The molecule has 180 valence electrons. The molecule has 0 radical (unpaired) electrons. The Morgan fingerprint density at radius 2 is 1.89 bits per heavy atom. The first-order valence-corrected chi connectivity index (χ1v) is 10.3. The van der Waals surface area contributed by atoms with Crippen LogP contribution in [0, 0.1) is 5.82 Å². The van der Waals surface area contributed by atoms with Gasteiger partial charge in [0.2, 0.25) is 5.95 Å². The Bertz CT molecular complexity index is 1670. The molecule has 0 aliphatic heterocycles. The number of nitrogens with one attached hydrogen (secondary N) is 1. The van der Waals surface area contributed by atoms with Gasteiger partial charge in [0.25, 0.3) is 5.56 Å². The van der Waals surface area contributed by atoms with Gasteiger partial charge in [-0.2, -0.15) is 23.3 Å². The Balaban J connectivity index is 1.53. The Labute approximate surface area is 198 Å². The Morgan fingerprint density at radius 1 is 1.11 bits per heavy atom. The van der Waals surface area contributed by atoms with E-state index in [0.29, 0.717) is 29.0 Å². The van der Waals surface area contributed by atoms with E-state index < -0.39 is 23.1 Å². The van der Waals surface area contributed by atoms with Gasteiger partial charge in [0.05, 0.1) is 24.2 Å². The van der Waals surface area contributed by atoms with Crippen molar-refractivity contribution >= 4 is 39.9 Å². The number of rotatable bonds is 4. The fraction of sp³-hybridized carbons (Fsp3) is 0.143. The molecular formula is C21H14ClF4N7O2. The smallest absolute Gasteiger partial charge is 0.417 e. The lowest BCUT2D eigenvalue weighted by Crippen LogP contribution is -2.23. The molecule has 0 saturated carbocycles. The van der Waals surface area contributed by atoms with E-state index in [1.165, 1.54) is 46.9 Å². The van der Waals surface area contributed by atoms with E-state index in [1.54, 1.807) is 7.05 Å². The number of aryl methyl sites for hydroxylation is 2. The number of fused-ring (bicyclic) bond motifs is 2. The number of halogens is 5. The fourth-order valence-electron chi connectivity index (χ4n) is 3.51. The van der Waals surface area contributed by atoms with E-state index in [2.05, 4.69) is 20.4 Å². The maximum atomic E-state index is 13.4. The number of pyridine rings is 3. The van der Waals surface area contributed by atoms with Crippen LogP contribution in [0.5, 0.6) is 11.5 Å². The first-order chi connectivity index (χ1) is 16.5. The highest BCUT2D eigenvalue weighted by Crippen LogP contribution is 2.37. The molecule has 14 heteroatoms. The first kappa shape index (κ1) is 22.7. The fourth-order valence-corrected chi connectivity index (χ4v) is 3.80. The molecular weight excluding hydrogens is 494 g/mol. The topological polar surface area (TPSA) is 91.3 Å². The van der Waals surface area contributed by atoms with Gasteiger partial charge in [-0.25, -0.2) is 13.9 Å². The van der Waals surface area contributed by atoms with Crippen molar-refractivity contribution in [2.24, 2.45) is 14.1 Å². The lowest BCUT2D eigenvalue weighted by atomic mass is 10.2. The van der Waals surface area contributed by atoms with Crippen LogP contribution in [0.4, 0.5) is 29.2 Å².